The zero-order valence-electron chi connectivity index (χ0n) is 11.1. The minimum atomic E-state index is -0.123. The average molecular weight is 291 g/mol. The van der Waals surface area contributed by atoms with Crippen LogP contribution in [0.15, 0.2) is 42.7 Å². The maximum Gasteiger partial charge on any atom is 0.228 e. The molecule has 2 aromatic rings. The molecule has 0 saturated carbocycles. The summed E-state index contributed by atoms with van der Waals surface area (Å²) in [5, 5.41) is 3.18. The van der Waals surface area contributed by atoms with Crippen LogP contribution in [0.2, 0.25) is 5.02 Å². The summed E-state index contributed by atoms with van der Waals surface area (Å²) in [5.41, 5.74) is 1.48. The summed E-state index contributed by atoms with van der Waals surface area (Å²) >= 11 is 5.93. The lowest BCUT2D eigenvalue weighted by Gasteiger charge is -2.07. The molecule has 0 spiro atoms. The average Bonchev–Trinajstić information content (AvgIpc) is 2.44. The van der Waals surface area contributed by atoms with E-state index in [0.717, 1.165) is 11.3 Å². The lowest BCUT2D eigenvalue weighted by Crippen LogP contribution is -2.14. The van der Waals surface area contributed by atoms with Gasteiger partial charge in [-0.1, -0.05) is 23.7 Å². The fourth-order valence-electron chi connectivity index (χ4n) is 1.73. The summed E-state index contributed by atoms with van der Waals surface area (Å²) < 4.78 is 5.35. The van der Waals surface area contributed by atoms with Crippen LogP contribution in [0.5, 0.6) is 5.75 Å². The third kappa shape index (κ3) is 3.96. The Morgan fingerprint density at radius 1 is 1.30 bits per heavy atom. The van der Waals surface area contributed by atoms with Crippen molar-refractivity contribution in [1.82, 2.24) is 4.98 Å². The summed E-state index contributed by atoms with van der Waals surface area (Å²) in [7, 11) is 0. The van der Waals surface area contributed by atoms with Gasteiger partial charge in [0.25, 0.3) is 0 Å². The fourth-order valence-corrected chi connectivity index (χ4v) is 1.89. The van der Waals surface area contributed by atoms with Gasteiger partial charge in [-0.3, -0.25) is 9.78 Å². The van der Waals surface area contributed by atoms with Gasteiger partial charge in [-0.2, -0.15) is 0 Å². The number of carbonyl (C=O) groups is 1. The van der Waals surface area contributed by atoms with E-state index in [4.69, 9.17) is 16.3 Å². The number of nitrogens with one attached hydrogen (secondary N) is 1. The van der Waals surface area contributed by atoms with Crippen molar-refractivity contribution in [2.45, 2.75) is 13.3 Å². The summed E-state index contributed by atoms with van der Waals surface area (Å²) in [4.78, 5) is 15.8. The van der Waals surface area contributed by atoms with Gasteiger partial charge in [0.1, 0.15) is 5.75 Å². The van der Waals surface area contributed by atoms with Crippen LogP contribution in [0, 0.1) is 0 Å². The SMILES string of the molecule is CCOc1ccc(CC(=O)Nc2ccncc2Cl)cc1. The van der Waals surface area contributed by atoms with Gasteiger partial charge in [-0.15, -0.1) is 0 Å². The Kier molecular flexibility index (Phi) is 4.96. The van der Waals surface area contributed by atoms with Crippen molar-refractivity contribution in [1.29, 1.82) is 0 Å². The predicted molar refractivity (Wildman–Crippen MR) is 79.2 cm³/mol. The molecule has 0 aliphatic carbocycles. The van der Waals surface area contributed by atoms with Gasteiger partial charge in [0.15, 0.2) is 0 Å². The molecular formula is C15H15ClN2O2. The first-order valence-electron chi connectivity index (χ1n) is 6.30. The van der Waals surface area contributed by atoms with Crippen molar-refractivity contribution in [3.05, 3.63) is 53.3 Å². The molecule has 4 nitrogen and oxygen atoms in total. The largest absolute Gasteiger partial charge is 0.494 e. The molecule has 0 bridgehead atoms. The number of halogens is 1. The summed E-state index contributed by atoms with van der Waals surface area (Å²) in [6, 6.07) is 9.12. The van der Waals surface area contributed by atoms with Crippen molar-refractivity contribution >= 4 is 23.2 Å². The molecule has 1 aromatic heterocycles. The van der Waals surface area contributed by atoms with E-state index in [1.807, 2.05) is 31.2 Å². The van der Waals surface area contributed by atoms with Gasteiger partial charge < -0.3 is 10.1 Å². The van der Waals surface area contributed by atoms with Gasteiger partial charge in [-0.05, 0) is 30.7 Å². The van der Waals surface area contributed by atoms with Crippen LogP contribution < -0.4 is 10.1 Å². The highest BCUT2D eigenvalue weighted by Crippen LogP contribution is 2.19. The number of amides is 1. The molecule has 104 valence electrons. The highest BCUT2D eigenvalue weighted by atomic mass is 35.5. The summed E-state index contributed by atoms with van der Waals surface area (Å²) in [6.45, 7) is 2.56. The topological polar surface area (TPSA) is 51.2 Å². The maximum absolute atomic E-state index is 11.9. The second kappa shape index (κ2) is 6.91. The predicted octanol–water partition coefficient (Wildman–Crippen LogP) is 3.31. The molecule has 0 fully saturated rings. The molecule has 0 unspecified atom stereocenters. The number of hydrogen-bond acceptors (Lipinski definition) is 3. The number of aromatic nitrogens is 1. The number of anilines is 1. The third-order valence-electron chi connectivity index (χ3n) is 2.65. The lowest BCUT2D eigenvalue weighted by molar-refractivity contribution is -0.115. The van der Waals surface area contributed by atoms with Crippen LogP contribution >= 0.6 is 11.6 Å². The highest BCUT2D eigenvalue weighted by molar-refractivity contribution is 6.33. The Labute approximate surface area is 122 Å². The van der Waals surface area contributed by atoms with Crippen LogP contribution in [-0.4, -0.2) is 17.5 Å². The molecule has 1 aromatic carbocycles. The molecule has 20 heavy (non-hydrogen) atoms. The van der Waals surface area contributed by atoms with Crippen molar-refractivity contribution in [2.75, 3.05) is 11.9 Å². The number of rotatable bonds is 5. The number of pyridine rings is 1. The molecule has 2 rings (SSSR count). The highest BCUT2D eigenvalue weighted by Gasteiger charge is 2.07. The van der Waals surface area contributed by atoms with E-state index >= 15 is 0 Å². The quantitative estimate of drug-likeness (QED) is 0.919. The van der Waals surface area contributed by atoms with E-state index in [2.05, 4.69) is 10.3 Å². The Morgan fingerprint density at radius 2 is 2.05 bits per heavy atom. The van der Waals surface area contributed by atoms with E-state index in [1.165, 1.54) is 6.20 Å². The normalized spacial score (nSPS) is 10.1. The smallest absolute Gasteiger partial charge is 0.228 e. The number of nitrogens with zero attached hydrogens (tertiary/aromatic N) is 1. The van der Waals surface area contributed by atoms with Crippen LogP contribution in [0.25, 0.3) is 0 Å². The van der Waals surface area contributed by atoms with Crippen molar-refractivity contribution < 1.29 is 9.53 Å². The first-order valence-corrected chi connectivity index (χ1v) is 6.68. The Bertz CT molecular complexity index is 585. The molecular weight excluding hydrogens is 276 g/mol. The second-order valence-electron chi connectivity index (χ2n) is 4.16. The molecule has 0 radical (unpaired) electrons. The zero-order chi connectivity index (χ0) is 14.4. The molecule has 1 N–H and O–H groups in total. The van der Waals surface area contributed by atoms with Crippen LogP contribution in [0.1, 0.15) is 12.5 Å². The molecule has 0 aliphatic heterocycles. The van der Waals surface area contributed by atoms with E-state index in [-0.39, 0.29) is 12.3 Å². The molecule has 5 heteroatoms. The van der Waals surface area contributed by atoms with E-state index in [0.29, 0.717) is 17.3 Å². The fraction of sp³-hybridized carbons (Fsp3) is 0.200. The maximum atomic E-state index is 11.9. The summed E-state index contributed by atoms with van der Waals surface area (Å²) in [6.07, 6.45) is 3.36. The van der Waals surface area contributed by atoms with Crippen LogP contribution in [0.4, 0.5) is 5.69 Å². The van der Waals surface area contributed by atoms with Gasteiger partial charge in [-0.25, -0.2) is 0 Å². The van der Waals surface area contributed by atoms with Gasteiger partial charge in [0, 0.05) is 12.4 Å². The van der Waals surface area contributed by atoms with Crippen LogP contribution in [-0.2, 0) is 11.2 Å². The van der Waals surface area contributed by atoms with E-state index in [1.54, 1.807) is 12.3 Å². The number of ether oxygens (including phenoxy) is 1. The van der Waals surface area contributed by atoms with Crippen molar-refractivity contribution in [3.63, 3.8) is 0 Å². The molecule has 0 atom stereocenters. The van der Waals surface area contributed by atoms with E-state index in [9.17, 15) is 4.79 Å². The van der Waals surface area contributed by atoms with Crippen LogP contribution in [0.3, 0.4) is 0 Å². The molecule has 0 saturated heterocycles. The monoisotopic (exact) mass is 290 g/mol. The second-order valence-corrected chi connectivity index (χ2v) is 4.56. The first kappa shape index (κ1) is 14.3. The van der Waals surface area contributed by atoms with Crippen molar-refractivity contribution in [3.8, 4) is 5.75 Å². The standard InChI is InChI=1S/C15H15ClN2O2/c1-2-20-12-5-3-11(4-6-12)9-15(19)18-14-7-8-17-10-13(14)16/h3-8,10H,2,9H2,1H3,(H,17,18,19). The number of benzene rings is 1. The third-order valence-corrected chi connectivity index (χ3v) is 2.95. The minimum Gasteiger partial charge on any atom is -0.494 e. The Balaban J connectivity index is 1.96. The van der Waals surface area contributed by atoms with Gasteiger partial charge in [0.05, 0.1) is 23.7 Å². The number of carbonyl (C=O) groups excluding carboxylic acids is 1. The Hall–Kier alpha value is -2.07. The molecule has 1 amide bonds. The van der Waals surface area contributed by atoms with Crippen molar-refractivity contribution in [2.24, 2.45) is 0 Å². The summed E-state index contributed by atoms with van der Waals surface area (Å²) in [5.74, 6) is 0.677. The van der Waals surface area contributed by atoms with E-state index < -0.39 is 0 Å². The lowest BCUT2D eigenvalue weighted by atomic mass is 10.1. The van der Waals surface area contributed by atoms with Gasteiger partial charge in [0.2, 0.25) is 5.91 Å². The van der Waals surface area contributed by atoms with Gasteiger partial charge >= 0.3 is 0 Å². The first-order chi connectivity index (χ1) is 9.69. The Morgan fingerprint density at radius 3 is 2.70 bits per heavy atom. The molecule has 1 heterocycles. The molecule has 0 aliphatic rings. The minimum absolute atomic E-state index is 0.123. The zero-order valence-corrected chi connectivity index (χ0v) is 11.9. The number of hydrogen-bond donors (Lipinski definition) is 1.